The summed E-state index contributed by atoms with van der Waals surface area (Å²) in [5.74, 6) is 2.40. The van der Waals surface area contributed by atoms with Crippen LogP contribution in [-0.2, 0) is 5.41 Å². The molecular formula is C79H71N8-. The van der Waals surface area contributed by atoms with E-state index in [1.54, 1.807) is 0 Å². The molecule has 0 bridgehead atoms. The van der Waals surface area contributed by atoms with Gasteiger partial charge >= 0.3 is 0 Å². The van der Waals surface area contributed by atoms with E-state index in [1.807, 2.05) is 0 Å². The minimum absolute atomic E-state index is 0.0340. The topological polar surface area (TPSA) is 84.8 Å². The first-order chi connectivity index (χ1) is 42.9. The smallest absolute Gasteiger partial charge is 0.171 e. The summed E-state index contributed by atoms with van der Waals surface area (Å²) in [6, 6.07) is 60.2. The van der Waals surface area contributed by atoms with Crippen LogP contribution >= 0.6 is 0 Å². The Morgan fingerprint density at radius 1 is 0.621 bits per heavy atom. The van der Waals surface area contributed by atoms with E-state index in [0.717, 1.165) is 79.9 Å². The largest absolute Gasteiger partial charge is 0.628 e. The average molecular weight is 1130 g/mol. The number of fused-ring (bicyclic) bond motifs is 13. The molecule has 2 aromatic heterocycles. The van der Waals surface area contributed by atoms with Crippen LogP contribution in [-0.4, -0.2) is 39.3 Å². The molecule has 428 valence electrons. The van der Waals surface area contributed by atoms with Gasteiger partial charge in [-0.15, -0.1) is 0 Å². The van der Waals surface area contributed by atoms with Gasteiger partial charge in [-0.2, -0.15) is 0 Å². The lowest BCUT2D eigenvalue weighted by Gasteiger charge is -2.53. The number of allylic oxidation sites excluding steroid dienone is 8. The van der Waals surface area contributed by atoms with E-state index >= 15 is 0 Å². The summed E-state index contributed by atoms with van der Waals surface area (Å²) in [6.45, 7) is 5.14. The van der Waals surface area contributed by atoms with Crippen molar-refractivity contribution in [1.29, 1.82) is 0 Å². The minimum Gasteiger partial charge on any atom is -0.628 e. The maximum absolute atomic E-state index is 5.98. The van der Waals surface area contributed by atoms with Gasteiger partial charge in [-0.1, -0.05) is 250 Å². The fraction of sp³-hybridized carbons (Fsp3) is 0.241. The lowest BCUT2D eigenvalue weighted by molar-refractivity contribution is 0.290. The molecule has 6 aliphatic carbocycles. The predicted octanol–water partition coefficient (Wildman–Crippen LogP) is 15.9. The monoisotopic (exact) mass is 1130 g/mol. The summed E-state index contributed by atoms with van der Waals surface area (Å²) in [7, 11) is 0. The summed E-state index contributed by atoms with van der Waals surface area (Å²) in [6.07, 6.45) is 33.0. The number of rotatable bonds is 9. The Balaban J connectivity index is 0.952. The fourth-order valence-corrected chi connectivity index (χ4v) is 16.5. The quantitative estimate of drug-likeness (QED) is 0.126. The second-order valence-corrected chi connectivity index (χ2v) is 25.6. The van der Waals surface area contributed by atoms with Crippen LogP contribution in [0.25, 0.3) is 72.0 Å². The first kappa shape index (κ1) is 52.4. The second kappa shape index (κ2) is 21.2. The van der Waals surface area contributed by atoms with E-state index in [0.29, 0.717) is 5.92 Å². The van der Waals surface area contributed by atoms with Crippen LogP contribution < -0.4 is 26.4 Å². The lowest BCUT2D eigenvalue weighted by Crippen LogP contribution is -2.54. The molecule has 8 atom stereocenters. The summed E-state index contributed by atoms with van der Waals surface area (Å²) in [4.78, 5) is 11.8. The minimum atomic E-state index is -0.614. The zero-order valence-electron chi connectivity index (χ0n) is 49.5. The molecule has 2 aliphatic heterocycles. The number of para-hydroxylation sites is 2. The standard InChI is InChI=1S/C79H71N8/c1-79(2)62-42-22-19-39-58(62)67-70(79)68-59-40-20-23-43-64(59)87(72(68)69-60-41-21-24-44-65(60)86(71(67)69)63-45-25-35-50-28-15-16-37-56(50)63)66-47-46-54(76-81-73(51-29-9-4-10-30-51)80-74(82-76)52-31-11-5-12-32-52)48-61(66)78-84-75(53-33-13-6-14-34-53)83-77(85-78)57-38-18-17-36-55(57)49-26-7-3-8-27-49/h3-4,6-11,13-21,23-24,26-37,39-41,43-44,47-48,54,57-58,62,73-74,76,78,80-81H,5,12,22,25,38,42,45-46H2,1-2H3,(H,83,84,85)/q-1. The third-order valence-electron chi connectivity index (χ3n) is 20.4. The van der Waals surface area contributed by atoms with Crippen molar-refractivity contribution >= 4 is 78.3 Å². The first-order valence-corrected chi connectivity index (χ1v) is 31.9. The highest BCUT2D eigenvalue weighted by atomic mass is 15.4. The molecule has 9 aromatic rings. The molecule has 0 amide bonds. The average Bonchev–Trinajstić information content (AvgIpc) is 1.51. The van der Waals surface area contributed by atoms with Crippen molar-refractivity contribution < 1.29 is 0 Å². The molecule has 0 radical (unpaired) electrons. The third-order valence-corrected chi connectivity index (χ3v) is 20.4. The Kier molecular flexibility index (Phi) is 12.8. The van der Waals surface area contributed by atoms with E-state index in [1.165, 1.54) is 93.1 Å². The normalized spacial score (nSPS) is 25.6. The van der Waals surface area contributed by atoms with Crippen molar-refractivity contribution in [3.05, 3.63) is 279 Å². The SMILES string of the molecule is CC1(C)c2c(c3c(c4ccccc4n3C3=c4ccccc4=CCC3)c3c2c2ccccc2n3C2=CCC(C3[N-]C(C4=CCCC=C4)NC(c4ccccc4)N3)C=C2C2N=C(c3ccccc3)NC(C3CC=CC=C3c3ccccc3)=N2)C2C=CCCC21. The van der Waals surface area contributed by atoms with Crippen LogP contribution in [0.5, 0.6) is 0 Å². The molecule has 1 fully saturated rings. The van der Waals surface area contributed by atoms with Crippen LogP contribution in [0.3, 0.4) is 0 Å². The van der Waals surface area contributed by atoms with Gasteiger partial charge < -0.3 is 30.4 Å². The van der Waals surface area contributed by atoms with Crippen LogP contribution in [0.2, 0.25) is 0 Å². The van der Waals surface area contributed by atoms with Crippen molar-refractivity contribution in [2.75, 3.05) is 0 Å². The van der Waals surface area contributed by atoms with Gasteiger partial charge in [-0.05, 0) is 114 Å². The van der Waals surface area contributed by atoms with Crippen LogP contribution in [0.1, 0.15) is 105 Å². The van der Waals surface area contributed by atoms with Crippen molar-refractivity contribution in [1.82, 2.24) is 25.1 Å². The third kappa shape index (κ3) is 8.58. The number of nitrogens with zero attached hydrogens (tertiary/aromatic N) is 5. The van der Waals surface area contributed by atoms with Gasteiger partial charge in [0.1, 0.15) is 11.7 Å². The molecule has 0 saturated carbocycles. The Morgan fingerprint density at radius 2 is 1.36 bits per heavy atom. The second-order valence-electron chi connectivity index (χ2n) is 25.6. The van der Waals surface area contributed by atoms with Gasteiger partial charge in [0, 0.05) is 61.1 Å². The molecule has 7 aromatic carbocycles. The molecule has 8 unspecified atom stereocenters. The van der Waals surface area contributed by atoms with Gasteiger partial charge in [-0.3, -0.25) is 0 Å². The molecule has 8 nitrogen and oxygen atoms in total. The number of hydrogen-bond donors (Lipinski definition) is 3. The molecule has 8 heteroatoms. The molecule has 0 spiro atoms. The van der Waals surface area contributed by atoms with Gasteiger partial charge in [0.2, 0.25) is 0 Å². The first-order valence-electron chi connectivity index (χ1n) is 31.9. The molecular weight excluding hydrogens is 1060 g/mol. The molecule has 3 N–H and O–H groups in total. The van der Waals surface area contributed by atoms with Gasteiger partial charge in [-0.25, -0.2) is 9.98 Å². The van der Waals surface area contributed by atoms with Crippen molar-refractivity contribution in [3.63, 3.8) is 0 Å². The van der Waals surface area contributed by atoms with Gasteiger partial charge in [0.05, 0.1) is 28.2 Å². The number of hydrogen-bond acceptors (Lipinski definition) is 5. The Bertz CT molecular complexity index is 4710. The van der Waals surface area contributed by atoms with E-state index in [9.17, 15) is 0 Å². The maximum atomic E-state index is 5.98. The molecule has 4 heterocycles. The van der Waals surface area contributed by atoms with Crippen molar-refractivity contribution in [2.45, 2.75) is 101 Å². The van der Waals surface area contributed by atoms with E-state index < -0.39 is 6.17 Å². The Labute approximate surface area is 508 Å². The summed E-state index contributed by atoms with van der Waals surface area (Å²) in [5, 5.41) is 25.6. The van der Waals surface area contributed by atoms with Gasteiger partial charge in [0.25, 0.3) is 0 Å². The summed E-state index contributed by atoms with van der Waals surface area (Å²) in [5.41, 5.74) is 17.4. The number of aliphatic imine (C=N–C) groups is 2. The molecule has 1 saturated heterocycles. The van der Waals surface area contributed by atoms with Crippen LogP contribution in [0.15, 0.2) is 246 Å². The van der Waals surface area contributed by atoms with Gasteiger partial charge in [0.15, 0.2) is 6.17 Å². The highest BCUT2D eigenvalue weighted by molar-refractivity contribution is 6.29. The van der Waals surface area contributed by atoms with Crippen LogP contribution in [0.4, 0.5) is 0 Å². The van der Waals surface area contributed by atoms with Crippen molar-refractivity contribution in [2.24, 2.45) is 27.7 Å². The number of aromatic nitrogens is 2. The van der Waals surface area contributed by atoms with E-state index in [4.69, 9.17) is 15.3 Å². The number of benzene rings is 7. The fourth-order valence-electron chi connectivity index (χ4n) is 16.5. The summed E-state index contributed by atoms with van der Waals surface area (Å²) < 4.78 is 5.44. The maximum Gasteiger partial charge on any atom is 0.171 e. The number of amidine groups is 2. The zero-order valence-corrected chi connectivity index (χ0v) is 49.5. The number of nitrogens with one attached hydrogen (secondary N) is 3. The van der Waals surface area contributed by atoms with Crippen LogP contribution in [0, 0.1) is 17.8 Å². The van der Waals surface area contributed by atoms with Crippen molar-refractivity contribution in [3.8, 4) is 0 Å². The molecule has 17 rings (SSSR count). The predicted molar refractivity (Wildman–Crippen MR) is 361 cm³/mol. The zero-order chi connectivity index (χ0) is 57.7. The molecule has 8 aliphatic rings. The highest BCUT2D eigenvalue weighted by Crippen LogP contribution is 2.61. The Hall–Kier alpha value is -8.92. The van der Waals surface area contributed by atoms with E-state index in [-0.39, 0.29) is 41.7 Å². The Morgan fingerprint density at radius 3 is 2.16 bits per heavy atom. The molecule has 87 heavy (non-hydrogen) atoms. The summed E-state index contributed by atoms with van der Waals surface area (Å²) >= 11 is 0. The lowest BCUT2D eigenvalue weighted by atomic mass is 9.71. The highest BCUT2D eigenvalue weighted by Gasteiger charge is 2.50. The van der Waals surface area contributed by atoms with E-state index in [2.05, 4.69) is 270 Å².